The van der Waals surface area contributed by atoms with Crippen molar-refractivity contribution < 1.29 is 9.53 Å². The molecule has 2 aromatic rings. The van der Waals surface area contributed by atoms with E-state index in [0.717, 1.165) is 31.7 Å². The van der Waals surface area contributed by atoms with Crippen molar-refractivity contribution in [2.45, 2.75) is 18.8 Å². The number of thiophene rings is 1. The number of anilines is 1. The van der Waals surface area contributed by atoms with Crippen molar-refractivity contribution in [1.29, 1.82) is 0 Å². The second-order valence-electron chi connectivity index (χ2n) is 5.09. The van der Waals surface area contributed by atoms with Crippen LogP contribution in [0.5, 0.6) is 0 Å². The van der Waals surface area contributed by atoms with Crippen LogP contribution < -0.4 is 4.90 Å². The second-order valence-corrected chi connectivity index (χ2v) is 5.87. The van der Waals surface area contributed by atoms with Crippen LogP contribution in [0.3, 0.4) is 0 Å². The quantitative estimate of drug-likeness (QED) is 0.816. The highest BCUT2D eigenvalue weighted by molar-refractivity contribution is 7.07. The number of aromatic nitrogens is 2. The molecule has 1 aliphatic rings. The fourth-order valence-electron chi connectivity index (χ4n) is 2.66. The summed E-state index contributed by atoms with van der Waals surface area (Å²) >= 11 is 1.76. The predicted molar refractivity (Wildman–Crippen MR) is 81.9 cm³/mol. The molecule has 6 heteroatoms. The van der Waals surface area contributed by atoms with Gasteiger partial charge in [0.1, 0.15) is 0 Å². The molecule has 0 bridgehead atoms. The lowest BCUT2D eigenvalue weighted by atomic mass is 9.91. The summed E-state index contributed by atoms with van der Waals surface area (Å²) in [5.41, 5.74) is 1.70. The Hall–Kier alpha value is -1.95. The first-order valence-corrected chi connectivity index (χ1v) is 7.91. The number of hydrogen-bond donors (Lipinski definition) is 0. The molecule has 3 rings (SSSR count). The van der Waals surface area contributed by atoms with E-state index in [2.05, 4.69) is 36.7 Å². The number of rotatable bonds is 3. The summed E-state index contributed by atoms with van der Waals surface area (Å²) in [5.74, 6) is 1.02. The minimum atomic E-state index is -0.454. The fourth-order valence-corrected chi connectivity index (χ4v) is 3.40. The molecule has 5 nitrogen and oxygen atoms in total. The van der Waals surface area contributed by atoms with Gasteiger partial charge in [-0.15, -0.1) is 10.2 Å². The molecule has 1 aliphatic heterocycles. The lowest BCUT2D eigenvalue weighted by Gasteiger charge is -2.32. The zero-order valence-electron chi connectivity index (χ0n) is 11.9. The summed E-state index contributed by atoms with van der Waals surface area (Å²) in [5, 5.41) is 12.4. The Morgan fingerprint density at radius 3 is 2.67 bits per heavy atom. The molecule has 0 aromatic carbocycles. The molecule has 0 aliphatic carbocycles. The van der Waals surface area contributed by atoms with Gasteiger partial charge >= 0.3 is 5.97 Å². The molecule has 0 unspecified atom stereocenters. The summed E-state index contributed by atoms with van der Waals surface area (Å²) in [6.07, 6.45) is 2.24. The number of ether oxygens (including phenoxy) is 1. The van der Waals surface area contributed by atoms with Gasteiger partial charge in [0.15, 0.2) is 11.5 Å². The summed E-state index contributed by atoms with van der Waals surface area (Å²) in [6, 6.07) is 5.72. The summed E-state index contributed by atoms with van der Waals surface area (Å²) in [6.45, 7) is 1.93. The molecule has 0 amide bonds. The third-order valence-electron chi connectivity index (χ3n) is 3.88. The zero-order valence-corrected chi connectivity index (χ0v) is 12.7. The molecule has 1 fully saturated rings. The van der Waals surface area contributed by atoms with Gasteiger partial charge in [-0.05, 0) is 53.3 Å². The molecule has 110 valence electrons. The molecule has 0 radical (unpaired) electrons. The van der Waals surface area contributed by atoms with Crippen LogP contribution in [-0.4, -0.2) is 36.4 Å². The van der Waals surface area contributed by atoms with Gasteiger partial charge in [0, 0.05) is 13.1 Å². The smallest absolute Gasteiger partial charge is 0.358 e. The van der Waals surface area contributed by atoms with E-state index in [9.17, 15) is 4.79 Å². The SMILES string of the molecule is COC(=O)c1ccc(N2CCC(c3ccsc3)CC2)nn1. The maximum atomic E-state index is 11.3. The number of methoxy groups -OCH3 is 1. The van der Waals surface area contributed by atoms with Crippen LogP contribution >= 0.6 is 11.3 Å². The molecule has 0 atom stereocenters. The maximum Gasteiger partial charge on any atom is 0.358 e. The van der Waals surface area contributed by atoms with Crippen LogP contribution in [0, 0.1) is 0 Å². The van der Waals surface area contributed by atoms with Crippen molar-refractivity contribution in [2.75, 3.05) is 25.1 Å². The van der Waals surface area contributed by atoms with Crippen LogP contribution in [0.4, 0.5) is 5.82 Å². The van der Waals surface area contributed by atoms with Crippen molar-refractivity contribution >= 4 is 23.1 Å². The normalized spacial score (nSPS) is 16.0. The van der Waals surface area contributed by atoms with E-state index >= 15 is 0 Å². The first kappa shape index (κ1) is 14.0. The van der Waals surface area contributed by atoms with Gasteiger partial charge < -0.3 is 9.64 Å². The van der Waals surface area contributed by atoms with E-state index in [0.29, 0.717) is 5.92 Å². The van der Waals surface area contributed by atoms with Crippen molar-refractivity contribution in [3.63, 3.8) is 0 Å². The zero-order chi connectivity index (χ0) is 14.7. The van der Waals surface area contributed by atoms with E-state index in [-0.39, 0.29) is 5.69 Å². The van der Waals surface area contributed by atoms with Gasteiger partial charge in [0.2, 0.25) is 0 Å². The Bertz CT molecular complexity index is 590. The van der Waals surface area contributed by atoms with E-state index in [1.807, 2.05) is 6.07 Å². The van der Waals surface area contributed by atoms with E-state index in [4.69, 9.17) is 0 Å². The van der Waals surface area contributed by atoms with Crippen molar-refractivity contribution in [1.82, 2.24) is 10.2 Å². The minimum Gasteiger partial charge on any atom is -0.464 e. The number of carbonyl (C=O) groups excluding carboxylic acids is 1. The van der Waals surface area contributed by atoms with Crippen LogP contribution in [0.2, 0.25) is 0 Å². The van der Waals surface area contributed by atoms with Crippen LogP contribution in [0.1, 0.15) is 34.8 Å². The Kier molecular flexibility index (Phi) is 4.15. The first-order valence-electron chi connectivity index (χ1n) is 6.97. The number of piperidine rings is 1. The third-order valence-corrected chi connectivity index (χ3v) is 4.58. The van der Waals surface area contributed by atoms with Crippen LogP contribution in [0.15, 0.2) is 29.0 Å². The molecular formula is C15H17N3O2S. The highest BCUT2D eigenvalue weighted by atomic mass is 32.1. The average molecular weight is 303 g/mol. The number of esters is 1. The highest BCUT2D eigenvalue weighted by Gasteiger charge is 2.22. The molecule has 21 heavy (non-hydrogen) atoms. The molecule has 0 N–H and O–H groups in total. The van der Waals surface area contributed by atoms with E-state index in [1.54, 1.807) is 17.4 Å². The lowest BCUT2D eigenvalue weighted by Crippen LogP contribution is -2.33. The predicted octanol–water partition coefficient (Wildman–Crippen LogP) is 2.71. The highest BCUT2D eigenvalue weighted by Crippen LogP contribution is 2.30. The molecule has 2 aromatic heterocycles. The standard InChI is InChI=1S/C15H17N3O2S/c1-20-15(19)13-2-3-14(17-16-13)18-7-4-11(5-8-18)12-6-9-21-10-12/h2-3,6,9-11H,4-5,7-8H2,1H3. The fraction of sp³-hybridized carbons (Fsp3) is 0.400. The maximum absolute atomic E-state index is 11.3. The summed E-state index contributed by atoms with van der Waals surface area (Å²) < 4.78 is 4.62. The number of nitrogens with zero attached hydrogens (tertiary/aromatic N) is 3. The van der Waals surface area contributed by atoms with E-state index < -0.39 is 5.97 Å². The summed E-state index contributed by atoms with van der Waals surface area (Å²) in [7, 11) is 1.34. The lowest BCUT2D eigenvalue weighted by molar-refractivity contribution is 0.0592. The molecular weight excluding hydrogens is 286 g/mol. The van der Waals surface area contributed by atoms with Crippen molar-refractivity contribution in [2.24, 2.45) is 0 Å². The Balaban J connectivity index is 1.63. The molecule has 1 saturated heterocycles. The summed E-state index contributed by atoms with van der Waals surface area (Å²) in [4.78, 5) is 13.6. The van der Waals surface area contributed by atoms with Gasteiger partial charge in [-0.2, -0.15) is 11.3 Å². The van der Waals surface area contributed by atoms with Crippen LogP contribution in [0.25, 0.3) is 0 Å². The van der Waals surface area contributed by atoms with Gasteiger partial charge in [-0.3, -0.25) is 0 Å². The molecule has 0 spiro atoms. The average Bonchev–Trinajstić information content (AvgIpc) is 3.09. The van der Waals surface area contributed by atoms with E-state index in [1.165, 1.54) is 12.7 Å². The molecule has 3 heterocycles. The Morgan fingerprint density at radius 2 is 2.10 bits per heavy atom. The number of carbonyl (C=O) groups is 1. The second kappa shape index (κ2) is 6.22. The Morgan fingerprint density at radius 1 is 1.29 bits per heavy atom. The van der Waals surface area contributed by atoms with Crippen molar-refractivity contribution in [3.05, 3.63) is 40.2 Å². The number of hydrogen-bond acceptors (Lipinski definition) is 6. The van der Waals surface area contributed by atoms with Gasteiger partial charge in [-0.25, -0.2) is 4.79 Å². The Labute approximate surface area is 127 Å². The monoisotopic (exact) mass is 303 g/mol. The first-order chi connectivity index (χ1) is 10.3. The van der Waals surface area contributed by atoms with Crippen LogP contribution in [-0.2, 0) is 4.74 Å². The topological polar surface area (TPSA) is 55.3 Å². The largest absolute Gasteiger partial charge is 0.464 e. The van der Waals surface area contributed by atoms with Gasteiger partial charge in [0.25, 0.3) is 0 Å². The molecule has 0 saturated carbocycles. The third kappa shape index (κ3) is 3.05. The minimum absolute atomic E-state index is 0.245. The van der Waals surface area contributed by atoms with Gasteiger partial charge in [0.05, 0.1) is 7.11 Å². The van der Waals surface area contributed by atoms with Gasteiger partial charge in [-0.1, -0.05) is 0 Å². The van der Waals surface area contributed by atoms with Crippen molar-refractivity contribution in [3.8, 4) is 0 Å².